The number of pyridine rings is 1. The minimum atomic E-state index is -0.366. The van der Waals surface area contributed by atoms with Crippen LogP contribution in [-0.2, 0) is 11.3 Å². The summed E-state index contributed by atoms with van der Waals surface area (Å²) in [6.45, 7) is 0.540. The second-order valence-corrected chi connectivity index (χ2v) is 5.13. The van der Waals surface area contributed by atoms with Crippen molar-refractivity contribution < 1.29 is 9.53 Å². The van der Waals surface area contributed by atoms with Crippen molar-refractivity contribution in [2.45, 2.75) is 6.54 Å². The highest BCUT2D eigenvalue weighted by Gasteiger charge is 2.05. The molecular formula is C18H17N5O2. The molecule has 7 heteroatoms. The molecule has 2 aromatic heterocycles. The summed E-state index contributed by atoms with van der Waals surface area (Å²) < 4.78 is 4.68. The normalized spacial score (nSPS) is 10.1. The SMILES string of the molecule is COC(=O)c1ccc(Nc2ccnc(NCc3ccccn3)n2)cc1. The largest absolute Gasteiger partial charge is 0.465 e. The number of ether oxygens (including phenoxy) is 1. The van der Waals surface area contributed by atoms with Crippen molar-refractivity contribution >= 4 is 23.4 Å². The van der Waals surface area contributed by atoms with Gasteiger partial charge in [-0.25, -0.2) is 9.78 Å². The number of carbonyl (C=O) groups excluding carboxylic acids is 1. The predicted octanol–water partition coefficient (Wildman–Crippen LogP) is 3.01. The molecule has 3 aromatic rings. The molecule has 7 nitrogen and oxygen atoms in total. The monoisotopic (exact) mass is 335 g/mol. The molecule has 0 saturated heterocycles. The third-order valence-corrected chi connectivity index (χ3v) is 3.39. The summed E-state index contributed by atoms with van der Waals surface area (Å²) in [5.41, 5.74) is 2.21. The quantitative estimate of drug-likeness (QED) is 0.669. The number of aromatic nitrogens is 3. The molecule has 0 bridgehead atoms. The minimum absolute atomic E-state index is 0.366. The van der Waals surface area contributed by atoms with Gasteiger partial charge in [-0.3, -0.25) is 4.98 Å². The Hall–Kier alpha value is -3.48. The minimum Gasteiger partial charge on any atom is -0.465 e. The first kappa shape index (κ1) is 16.4. The van der Waals surface area contributed by atoms with Crippen LogP contribution >= 0.6 is 0 Å². The van der Waals surface area contributed by atoms with Crippen molar-refractivity contribution in [3.8, 4) is 0 Å². The molecule has 0 spiro atoms. The standard InChI is InChI=1S/C18H17N5O2/c1-25-17(24)13-5-7-14(8-6-13)22-16-9-11-20-18(23-16)21-12-15-4-2-3-10-19-15/h2-11H,12H2,1H3,(H2,20,21,22,23). The number of methoxy groups -OCH3 is 1. The zero-order valence-corrected chi connectivity index (χ0v) is 13.6. The zero-order chi connectivity index (χ0) is 17.5. The van der Waals surface area contributed by atoms with Crippen LogP contribution in [0.3, 0.4) is 0 Å². The third-order valence-electron chi connectivity index (χ3n) is 3.39. The first-order valence-corrected chi connectivity index (χ1v) is 7.67. The fourth-order valence-corrected chi connectivity index (χ4v) is 2.14. The van der Waals surface area contributed by atoms with Gasteiger partial charge in [-0.05, 0) is 42.5 Å². The van der Waals surface area contributed by atoms with Crippen molar-refractivity contribution in [1.29, 1.82) is 0 Å². The van der Waals surface area contributed by atoms with Gasteiger partial charge in [-0.2, -0.15) is 4.98 Å². The molecule has 3 rings (SSSR count). The van der Waals surface area contributed by atoms with Crippen LogP contribution in [-0.4, -0.2) is 28.0 Å². The molecule has 0 atom stereocenters. The summed E-state index contributed by atoms with van der Waals surface area (Å²) in [6.07, 6.45) is 3.41. The molecule has 2 N–H and O–H groups in total. The van der Waals surface area contributed by atoms with Gasteiger partial charge < -0.3 is 15.4 Å². The van der Waals surface area contributed by atoms with Gasteiger partial charge in [0.15, 0.2) is 0 Å². The fourth-order valence-electron chi connectivity index (χ4n) is 2.14. The lowest BCUT2D eigenvalue weighted by atomic mass is 10.2. The second-order valence-electron chi connectivity index (χ2n) is 5.13. The summed E-state index contributed by atoms with van der Waals surface area (Å²) in [4.78, 5) is 24.3. The molecule has 25 heavy (non-hydrogen) atoms. The number of hydrogen-bond donors (Lipinski definition) is 2. The second kappa shape index (κ2) is 7.87. The molecule has 0 aliphatic heterocycles. The first-order chi connectivity index (χ1) is 12.2. The zero-order valence-electron chi connectivity index (χ0n) is 13.6. The summed E-state index contributed by atoms with van der Waals surface area (Å²) >= 11 is 0. The Labute approximate surface area is 145 Å². The number of benzene rings is 1. The van der Waals surface area contributed by atoms with E-state index in [9.17, 15) is 4.79 Å². The van der Waals surface area contributed by atoms with Crippen LogP contribution < -0.4 is 10.6 Å². The Balaban J connectivity index is 1.64. The Kier molecular flexibility index (Phi) is 5.16. The van der Waals surface area contributed by atoms with Crippen molar-refractivity contribution in [2.75, 3.05) is 17.7 Å². The van der Waals surface area contributed by atoms with E-state index in [1.165, 1.54) is 7.11 Å². The van der Waals surface area contributed by atoms with Crippen LogP contribution in [0.25, 0.3) is 0 Å². The maximum absolute atomic E-state index is 11.4. The average Bonchev–Trinajstić information content (AvgIpc) is 2.67. The van der Waals surface area contributed by atoms with Gasteiger partial charge in [0.25, 0.3) is 0 Å². The van der Waals surface area contributed by atoms with Crippen molar-refractivity contribution in [3.63, 3.8) is 0 Å². The van der Waals surface area contributed by atoms with E-state index >= 15 is 0 Å². The lowest BCUT2D eigenvalue weighted by molar-refractivity contribution is 0.0601. The number of nitrogens with one attached hydrogen (secondary N) is 2. The van der Waals surface area contributed by atoms with Gasteiger partial charge in [0.05, 0.1) is 24.9 Å². The smallest absolute Gasteiger partial charge is 0.337 e. The van der Waals surface area contributed by atoms with Gasteiger partial charge in [-0.15, -0.1) is 0 Å². The van der Waals surface area contributed by atoms with Crippen molar-refractivity contribution in [3.05, 3.63) is 72.2 Å². The third kappa shape index (κ3) is 4.51. The molecule has 0 unspecified atom stereocenters. The molecule has 1 aromatic carbocycles. The van der Waals surface area contributed by atoms with E-state index in [4.69, 9.17) is 0 Å². The fraction of sp³-hybridized carbons (Fsp3) is 0.111. The van der Waals surface area contributed by atoms with Crippen LogP contribution in [0.4, 0.5) is 17.5 Å². The number of carbonyl (C=O) groups is 1. The summed E-state index contributed by atoms with van der Waals surface area (Å²) in [5, 5.41) is 6.30. The van der Waals surface area contributed by atoms with E-state index in [-0.39, 0.29) is 5.97 Å². The Morgan fingerprint density at radius 3 is 2.60 bits per heavy atom. The van der Waals surface area contributed by atoms with Crippen molar-refractivity contribution in [2.24, 2.45) is 0 Å². The summed E-state index contributed by atoms with van der Waals surface area (Å²) in [6, 6.07) is 14.4. The molecule has 0 aliphatic rings. The number of anilines is 3. The van der Waals surface area contributed by atoms with Gasteiger partial charge in [0.1, 0.15) is 5.82 Å². The summed E-state index contributed by atoms with van der Waals surface area (Å²) in [7, 11) is 1.36. The Bertz CT molecular complexity index is 838. The maximum Gasteiger partial charge on any atom is 0.337 e. The molecule has 0 fully saturated rings. The maximum atomic E-state index is 11.4. The van der Waals surface area contributed by atoms with E-state index in [2.05, 4.69) is 30.3 Å². The molecule has 2 heterocycles. The van der Waals surface area contributed by atoms with Gasteiger partial charge in [-0.1, -0.05) is 6.07 Å². The molecule has 0 aliphatic carbocycles. The highest BCUT2D eigenvalue weighted by molar-refractivity contribution is 5.89. The molecule has 0 amide bonds. The molecule has 0 saturated carbocycles. The molecule has 126 valence electrons. The number of nitrogens with zero attached hydrogens (tertiary/aromatic N) is 3. The predicted molar refractivity (Wildman–Crippen MR) is 94.7 cm³/mol. The molecule has 0 radical (unpaired) electrons. The van der Waals surface area contributed by atoms with Gasteiger partial charge in [0.2, 0.25) is 5.95 Å². The van der Waals surface area contributed by atoms with Gasteiger partial charge >= 0.3 is 5.97 Å². The van der Waals surface area contributed by atoms with Crippen LogP contribution in [0, 0.1) is 0 Å². The molecular weight excluding hydrogens is 318 g/mol. The van der Waals surface area contributed by atoms with Crippen molar-refractivity contribution in [1.82, 2.24) is 15.0 Å². The van der Waals surface area contributed by atoms with Gasteiger partial charge in [0, 0.05) is 18.1 Å². The van der Waals surface area contributed by atoms with Crippen LogP contribution in [0.2, 0.25) is 0 Å². The van der Waals surface area contributed by atoms with E-state index in [1.807, 2.05) is 18.2 Å². The number of rotatable bonds is 6. The van der Waals surface area contributed by atoms with Crippen LogP contribution in [0.15, 0.2) is 60.9 Å². The van der Waals surface area contributed by atoms with Crippen LogP contribution in [0.1, 0.15) is 16.1 Å². The average molecular weight is 335 g/mol. The Morgan fingerprint density at radius 2 is 1.88 bits per heavy atom. The number of hydrogen-bond acceptors (Lipinski definition) is 7. The lowest BCUT2D eigenvalue weighted by Gasteiger charge is -2.08. The van der Waals surface area contributed by atoms with Crippen LogP contribution in [0.5, 0.6) is 0 Å². The number of esters is 1. The highest BCUT2D eigenvalue weighted by atomic mass is 16.5. The van der Waals surface area contributed by atoms with E-state index < -0.39 is 0 Å². The lowest BCUT2D eigenvalue weighted by Crippen LogP contribution is -2.06. The first-order valence-electron chi connectivity index (χ1n) is 7.67. The topological polar surface area (TPSA) is 89.0 Å². The Morgan fingerprint density at radius 1 is 1.04 bits per heavy atom. The van der Waals surface area contributed by atoms with E-state index in [0.29, 0.717) is 23.9 Å². The summed E-state index contributed by atoms with van der Waals surface area (Å²) in [5.74, 6) is 0.778. The van der Waals surface area contributed by atoms with E-state index in [1.54, 1.807) is 42.7 Å². The van der Waals surface area contributed by atoms with E-state index in [0.717, 1.165) is 11.4 Å². The highest BCUT2D eigenvalue weighted by Crippen LogP contribution is 2.16.